The summed E-state index contributed by atoms with van der Waals surface area (Å²) < 4.78 is 0. The summed E-state index contributed by atoms with van der Waals surface area (Å²) in [5, 5.41) is 21.9. The zero-order valence-electron chi connectivity index (χ0n) is 10.6. The lowest BCUT2D eigenvalue weighted by Gasteiger charge is -2.06. The van der Waals surface area contributed by atoms with Crippen molar-refractivity contribution in [3.05, 3.63) is 58.6 Å². The number of carbonyl (C=O) groups excluding carboxylic acids is 1. The minimum absolute atomic E-state index is 0.154. The van der Waals surface area contributed by atoms with Crippen LogP contribution in [0.15, 0.2) is 42.5 Å². The molecule has 2 rings (SSSR count). The average Bonchev–Trinajstić information content (AvgIpc) is 2.43. The van der Waals surface area contributed by atoms with E-state index >= 15 is 0 Å². The van der Waals surface area contributed by atoms with Crippen LogP contribution in [0.2, 0.25) is 5.02 Å². The number of hydrogen-bond donors (Lipinski definition) is 3. The van der Waals surface area contributed by atoms with Crippen LogP contribution in [0.3, 0.4) is 0 Å². The highest BCUT2D eigenvalue weighted by atomic mass is 35.5. The molecule has 0 heterocycles. The molecule has 0 atom stereocenters. The first-order chi connectivity index (χ1) is 9.56. The molecule has 2 aromatic carbocycles. The molecular formula is C15H14ClNO3. The molecule has 0 aromatic heterocycles. The van der Waals surface area contributed by atoms with E-state index in [1.807, 2.05) is 0 Å². The molecule has 0 unspecified atom stereocenters. The summed E-state index contributed by atoms with van der Waals surface area (Å²) in [5.41, 5.74) is 1.37. The number of halogens is 1. The molecule has 5 heteroatoms. The Morgan fingerprint density at radius 3 is 2.40 bits per heavy atom. The van der Waals surface area contributed by atoms with Crippen LogP contribution >= 0.6 is 11.6 Å². The quantitative estimate of drug-likeness (QED) is 0.759. The van der Waals surface area contributed by atoms with Gasteiger partial charge in [-0.05, 0) is 48.4 Å². The minimum Gasteiger partial charge on any atom is -0.504 e. The standard InChI is InChI=1S/C15H14ClNO3/c16-12-4-2-11(3-5-12)15(20)17-8-7-10-1-6-13(18)14(19)9-10/h1-6,9,18-19H,7-8H2,(H,17,20). The Kier molecular flexibility index (Phi) is 4.48. The largest absolute Gasteiger partial charge is 0.504 e. The second-order valence-corrected chi connectivity index (χ2v) is 4.77. The smallest absolute Gasteiger partial charge is 0.251 e. The molecule has 3 N–H and O–H groups in total. The highest BCUT2D eigenvalue weighted by Gasteiger charge is 2.05. The first kappa shape index (κ1) is 14.2. The van der Waals surface area contributed by atoms with E-state index in [9.17, 15) is 15.0 Å². The summed E-state index contributed by atoms with van der Waals surface area (Å²) in [7, 11) is 0. The van der Waals surface area contributed by atoms with Gasteiger partial charge in [0.1, 0.15) is 0 Å². The van der Waals surface area contributed by atoms with E-state index < -0.39 is 0 Å². The number of phenols is 2. The number of benzene rings is 2. The van der Waals surface area contributed by atoms with Gasteiger partial charge in [-0.3, -0.25) is 4.79 Å². The van der Waals surface area contributed by atoms with Crippen LogP contribution in [-0.4, -0.2) is 22.7 Å². The third-order valence-electron chi connectivity index (χ3n) is 2.85. The van der Waals surface area contributed by atoms with Crippen LogP contribution in [0.1, 0.15) is 15.9 Å². The van der Waals surface area contributed by atoms with Gasteiger partial charge in [0.25, 0.3) is 5.91 Å². The number of hydrogen-bond acceptors (Lipinski definition) is 3. The van der Waals surface area contributed by atoms with Crippen LogP contribution in [-0.2, 0) is 6.42 Å². The maximum Gasteiger partial charge on any atom is 0.251 e. The minimum atomic E-state index is -0.176. The van der Waals surface area contributed by atoms with E-state index in [2.05, 4.69) is 5.32 Å². The number of aromatic hydroxyl groups is 2. The van der Waals surface area contributed by atoms with Gasteiger partial charge in [-0.15, -0.1) is 0 Å². The molecule has 104 valence electrons. The summed E-state index contributed by atoms with van der Waals surface area (Å²) in [6.07, 6.45) is 0.563. The molecule has 20 heavy (non-hydrogen) atoms. The third-order valence-corrected chi connectivity index (χ3v) is 3.10. The molecule has 0 saturated heterocycles. The Morgan fingerprint density at radius 1 is 1.05 bits per heavy atom. The van der Waals surface area contributed by atoms with E-state index in [0.29, 0.717) is 23.6 Å². The first-order valence-electron chi connectivity index (χ1n) is 6.11. The van der Waals surface area contributed by atoms with Crippen molar-refractivity contribution in [3.63, 3.8) is 0 Å². The molecular weight excluding hydrogens is 278 g/mol. The normalized spacial score (nSPS) is 10.2. The topological polar surface area (TPSA) is 69.6 Å². The van der Waals surface area contributed by atoms with Crippen LogP contribution < -0.4 is 5.32 Å². The van der Waals surface area contributed by atoms with Crippen molar-refractivity contribution in [2.45, 2.75) is 6.42 Å². The predicted octanol–water partition coefficient (Wildman–Crippen LogP) is 2.72. The van der Waals surface area contributed by atoms with Gasteiger partial charge in [0.15, 0.2) is 11.5 Å². The lowest BCUT2D eigenvalue weighted by atomic mass is 10.1. The summed E-state index contributed by atoms with van der Waals surface area (Å²) >= 11 is 5.75. The average molecular weight is 292 g/mol. The van der Waals surface area contributed by atoms with E-state index in [1.54, 1.807) is 30.3 Å². The van der Waals surface area contributed by atoms with Gasteiger partial charge in [-0.25, -0.2) is 0 Å². The number of amides is 1. The van der Waals surface area contributed by atoms with Crippen molar-refractivity contribution >= 4 is 17.5 Å². The van der Waals surface area contributed by atoms with Crippen molar-refractivity contribution in [2.24, 2.45) is 0 Å². The number of phenolic OH excluding ortho intramolecular Hbond substituents is 2. The van der Waals surface area contributed by atoms with Gasteiger partial charge in [0, 0.05) is 17.1 Å². The maximum absolute atomic E-state index is 11.8. The van der Waals surface area contributed by atoms with Crippen LogP contribution in [0.4, 0.5) is 0 Å². The van der Waals surface area contributed by atoms with E-state index in [0.717, 1.165) is 5.56 Å². The predicted molar refractivity (Wildman–Crippen MR) is 77.3 cm³/mol. The molecule has 0 aliphatic rings. The van der Waals surface area contributed by atoms with E-state index in [-0.39, 0.29) is 17.4 Å². The van der Waals surface area contributed by atoms with Crippen LogP contribution in [0.25, 0.3) is 0 Å². The Morgan fingerprint density at radius 2 is 1.75 bits per heavy atom. The zero-order chi connectivity index (χ0) is 14.5. The Hall–Kier alpha value is -2.20. The van der Waals surface area contributed by atoms with Crippen LogP contribution in [0.5, 0.6) is 11.5 Å². The molecule has 4 nitrogen and oxygen atoms in total. The Bertz CT molecular complexity index is 611. The van der Waals surface area contributed by atoms with Gasteiger partial charge in [-0.2, -0.15) is 0 Å². The molecule has 0 spiro atoms. The zero-order valence-corrected chi connectivity index (χ0v) is 11.4. The van der Waals surface area contributed by atoms with E-state index in [4.69, 9.17) is 11.6 Å². The van der Waals surface area contributed by atoms with Crippen LogP contribution in [0, 0.1) is 0 Å². The molecule has 0 radical (unpaired) electrons. The van der Waals surface area contributed by atoms with Gasteiger partial charge in [0.2, 0.25) is 0 Å². The number of carbonyl (C=O) groups is 1. The lowest BCUT2D eigenvalue weighted by molar-refractivity contribution is 0.0954. The second-order valence-electron chi connectivity index (χ2n) is 4.34. The first-order valence-corrected chi connectivity index (χ1v) is 6.48. The number of nitrogens with one attached hydrogen (secondary N) is 1. The monoisotopic (exact) mass is 291 g/mol. The van der Waals surface area contributed by atoms with Gasteiger partial charge in [-0.1, -0.05) is 17.7 Å². The van der Waals surface area contributed by atoms with Gasteiger partial charge in [0.05, 0.1) is 0 Å². The lowest BCUT2D eigenvalue weighted by Crippen LogP contribution is -2.25. The maximum atomic E-state index is 11.8. The summed E-state index contributed by atoms with van der Waals surface area (Å²) in [6, 6.07) is 11.2. The highest BCUT2D eigenvalue weighted by Crippen LogP contribution is 2.24. The Labute approximate surface area is 121 Å². The van der Waals surface area contributed by atoms with Gasteiger partial charge < -0.3 is 15.5 Å². The fraction of sp³-hybridized carbons (Fsp3) is 0.133. The fourth-order valence-corrected chi connectivity index (χ4v) is 1.87. The second kappa shape index (κ2) is 6.30. The van der Waals surface area contributed by atoms with Crippen molar-refractivity contribution in [2.75, 3.05) is 6.54 Å². The van der Waals surface area contributed by atoms with Crippen molar-refractivity contribution in [1.82, 2.24) is 5.32 Å². The van der Waals surface area contributed by atoms with Gasteiger partial charge >= 0.3 is 0 Å². The third kappa shape index (κ3) is 3.65. The molecule has 0 fully saturated rings. The molecule has 0 aliphatic carbocycles. The molecule has 0 saturated carbocycles. The summed E-state index contributed by atoms with van der Waals surface area (Å²) in [6.45, 7) is 0.436. The van der Waals surface area contributed by atoms with Crippen molar-refractivity contribution < 1.29 is 15.0 Å². The van der Waals surface area contributed by atoms with Crippen molar-refractivity contribution in [1.29, 1.82) is 0 Å². The van der Waals surface area contributed by atoms with Crippen molar-refractivity contribution in [3.8, 4) is 11.5 Å². The summed E-state index contributed by atoms with van der Waals surface area (Å²) in [4.78, 5) is 11.8. The fourth-order valence-electron chi connectivity index (χ4n) is 1.75. The molecule has 0 bridgehead atoms. The molecule has 2 aromatic rings. The molecule has 0 aliphatic heterocycles. The SMILES string of the molecule is O=C(NCCc1ccc(O)c(O)c1)c1ccc(Cl)cc1. The Balaban J connectivity index is 1.87. The summed E-state index contributed by atoms with van der Waals surface area (Å²) in [5.74, 6) is -0.491. The molecule has 1 amide bonds. The number of rotatable bonds is 4. The van der Waals surface area contributed by atoms with E-state index in [1.165, 1.54) is 12.1 Å². The highest BCUT2D eigenvalue weighted by molar-refractivity contribution is 6.30.